The normalized spacial score (nSPS) is 17.5. The quantitative estimate of drug-likeness (QED) is 0.786. The molecule has 0 aliphatic carbocycles. The highest BCUT2D eigenvalue weighted by atomic mass is 14.9. The standard InChI is InChI=1S/C16H22N2/c1-10-8-11(2)15-14(9-10)12(3)16(18-15)13-4-6-17-7-5-13/h8-9,13,17-18H,4-7H2,1-3H3. The molecular weight excluding hydrogens is 220 g/mol. The second-order valence-electron chi connectivity index (χ2n) is 5.69. The highest BCUT2D eigenvalue weighted by Crippen LogP contribution is 2.33. The molecule has 1 aliphatic heterocycles. The lowest BCUT2D eigenvalue weighted by Gasteiger charge is -2.22. The Hall–Kier alpha value is -1.28. The van der Waals surface area contributed by atoms with Crippen LogP contribution in [-0.2, 0) is 0 Å². The molecule has 2 aromatic rings. The van der Waals surface area contributed by atoms with Crippen LogP contribution in [0, 0.1) is 20.8 Å². The third-order valence-corrected chi connectivity index (χ3v) is 4.29. The Morgan fingerprint density at radius 2 is 1.78 bits per heavy atom. The summed E-state index contributed by atoms with van der Waals surface area (Å²) >= 11 is 0. The van der Waals surface area contributed by atoms with Gasteiger partial charge in [-0.05, 0) is 63.9 Å². The summed E-state index contributed by atoms with van der Waals surface area (Å²) in [7, 11) is 0. The number of aryl methyl sites for hydroxylation is 3. The molecule has 96 valence electrons. The molecule has 3 rings (SSSR count). The van der Waals surface area contributed by atoms with Gasteiger partial charge < -0.3 is 10.3 Å². The van der Waals surface area contributed by atoms with Crippen LogP contribution in [-0.4, -0.2) is 18.1 Å². The Labute approximate surface area is 109 Å². The van der Waals surface area contributed by atoms with Crippen LogP contribution in [0.4, 0.5) is 0 Å². The molecule has 0 amide bonds. The number of piperidine rings is 1. The van der Waals surface area contributed by atoms with Crippen LogP contribution in [0.15, 0.2) is 12.1 Å². The van der Waals surface area contributed by atoms with Gasteiger partial charge in [-0.1, -0.05) is 11.6 Å². The number of aromatic amines is 1. The maximum atomic E-state index is 3.70. The van der Waals surface area contributed by atoms with E-state index in [2.05, 4.69) is 43.2 Å². The Balaban J connectivity index is 2.13. The molecular formula is C16H22N2. The molecule has 0 unspecified atom stereocenters. The number of hydrogen-bond acceptors (Lipinski definition) is 1. The number of nitrogens with one attached hydrogen (secondary N) is 2. The second kappa shape index (κ2) is 4.43. The van der Waals surface area contributed by atoms with Gasteiger partial charge in [-0.3, -0.25) is 0 Å². The maximum absolute atomic E-state index is 3.70. The molecule has 0 atom stereocenters. The van der Waals surface area contributed by atoms with Crippen molar-refractivity contribution in [2.45, 2.75) is 39.5 Å². The van der Waals surface area contributed by atoms with Crippen LogP contribution in [0.2, 0.25) is 0 Å². The highest BCUT2D eigenvalue weighted by molar-refractivity contribution is 5.88. The van der Waals surface area contributed by atoms with Gasteiger partial charge in [0.1, 0.15) is 0 Å². The average Bonchev–Trinajstić information content (AvgIpc) is 2.69. The summed E-state index contributed by atoms with van der Waals surface area (Å²) in [4.78, 5) is 3.70. The van der Waals surface area contributed by atoms with Crippen LogP contribution in [0.5, 0.6) is 0 Å². The summed E-state index contributed by atoms with van der Waals surface area (Å²) < 4.78 is 0. The molecule has 0 spiro atoms. The summed E-state index contributed by atoms with van der Waals surface area (Å²) in [6.45, 7) is 8.96. The van der Waals surface area contributed by atoms with Crippen LogP contribution < -0.4 is 5.32 Å². The predicted molar refractivity (Wildman–Crippen MR) is 77.4 cm³/mol. The Morgan fingerprint density at radius 3 is 2.50 bits per heavy atom. The van der Waals surface area contributed by atoms with Gasteiger partial charge in [0.15, 0.2) is 0 Å². The minimum absolute atomic E-state index is 0.707. The molecule has 0 saturated carbocycles. The van der Waals surface area contributed by atoms with Gasteiger partial charge >= 0.3 is 0 Å². The third-order valence-electron chi connectivity index (χ3n) is 4.29. The number of fused-ring (bicyclic) bond motifs is 1. The van der Waals surface area contributed by atoms with Crippen molar-refractivity contribution in [2.24, 2.45) is 0 Å². The van der Waals surface area contributed by atoms with Crippen molar-refractivity contribution in [3.8, 4) is 0 Å². The van der Waals surface area contributed by atoms with Crippen LogP contribution in [0.1, 0.15) is 41.1 Å². The van der Waals surface area contributed by atoms with E-state index in [9.17, 15) is 0 Å². The minimum Gasteiger partial charge on any atom is -0.358 e. The van der Waals surface area contributed by atoms with E-state index in [1.807, 2.05) is 0 Å². The average molecular weight is 242 g/mol. The van der Waals surface area contributed by atoms with E-state index in [4.69, 9.17) is 0 Å². The van der Waals surface area contributed by atoms with Crippen molar-refractivity contribution in [1.82, 2.24) is 10.3 Å². The molecule has 1 aromatic heterocycles. The zero-order valence-corrected chi connectivity index (χ0v) is 11.6. The lowest BCUT2D eigenvalue weighted by molar-refractivity contribution is 0.453. The van der Waals surface area contributed by atoms with Crippen molar-refractivity contribution in [3.05, 3.63) is 34.5 Å². The van der Waals surface area contributed by atoms with Gasteiger partial charge in [0.25, 0.3) is 0 Å². The molecule has 2 heteroatoms. The first-order valence-corrected chi connectivity index (χ1v) is 6.97. The van der Waals surface area contributed by atoms with Crippen molar-refractivity contribution in [2.75, 3.05) is 13.1 Å². The van der Waals surface area contributed by atoms with E-state index in [0.29, 0.717) is 5.92 Å². The summed E-state index contributed by atoms with van der Waals surface area (Å²) in [5, 5.41) is 4.86. The van der Waals surface area contributed by atoms with Gasteiger partial charge in [-0.2, -0.15) is 0 Å². The first kappa shape index (κ1) is 11.8. The summed E-state index contributed by atoms with van der Waals surface area (Å²) in [6.07, 6.45) is 2.51. The van der Waals surface area contributed by atoms with Crippen molar-refractivity contribution >= 4 is 10.9 Å². The Kier molecular flexibility index (Phi) is 2.90. The molecule has 18 heavy (non-hydrogen) atoms. The number of H-pyrrole nitrogens is 1. The van der Waals surface area contributed by atoms with Gasteiger partial charge in [0, 0.05) is 22.5 Å². The molecule has 2 nitrogen and oxygen atoms in total. The molecule has 1 aromatic carbocycles. The van der Waals surface area contributed by atoms with E-state index >= 15 is 0 Å². The number of aromatic nitrogens is 1. The van der Waals surface area contributed by atoms with E-state index < -0.39 is 0 Å². The zero-order chi connectivity index (χ0) is 12.7. The molecule has 1 aliphatic rings. The molecule has 1 fully saturated rings. The minimum atomic E-state index is 0.707. The van der Waals surface area contributed by atoms with Gasteiger partial charge in [-0.25, -0.2) is 0 Å². The van der Waals surface area contributed by atoms with Crippen molar-refractivity contribution < 1.29 is 0 Å². The second-order valence-corrected chi connectivity index (χ2v) is 5.69. The van der Waals surface area contributed by atoms with Gasteiger partial charge in [0.2, 0.25) is 0 Å². The number of hydrogen-bond donors (Lipinski definition) is 2. The fourth-order valence-corrected chi connectivity index (χ4v) is 3.32. The number of benzene rings is 1. The maximum Gasteiger partial charge on any atom is 0.0488 e. The Bertz CT molecular complexity index is 574. The van der Waals surface area contributed by atoms with E-state index in [1.165, 1.54) is 46.1 Å². The van der Waals surface area contributed by atoms with Gasteiger partial charge in [0.05, 0.1) is 0 Å². The fraction of sp³-hybridized carbons (Fsp3) is 0.500. The molecule has 1 saturated heterocycles. The predicted octanol–water partition coefficient (Wildman–Crippen LogP) is 3.56. The summed E-state index contributed by atoms with van der Waals surface area (Å²) in [5.41, 5.74) is 7.00. The van der Waals surface area contributed by atoms with Crippen LogP contribution in [0.25, 0.3) is 10.9 Å². The zero-order valence-electron chi connectivity index (χ0n) is 11.6. The molecule has 0 radical (unpaired) electrons. The first-order valence-electron chi connectivity index (χ1n) is 6.97. The molecule has 2 heterocycles. The largest absolute Gasteiger partial charge is 0.358 e. The molecule has 0 bridgehead atoms. The van der Waals surface area contributed by atoms with Crippen molar-refractivity contribution in [3.63, 3.8) is 0 Å². The lowest BCUT2D eigenvalue weighted by Crippen LogP contribution is -2.27. The SMILES string of the molecule is Cc1cc(C)c2[nH]c(C3CCNCC3)c(C)c2c1. The third kappa shape index (κ3) is 1.85. The van der Waals surface area contributed by atoms with E-state index in [0.717, 1.165) is 13.1 Å². The topological polar surface area (TPSA) is 27.8 Å². The summed E-state index contributed by atoms with van der Waals surface area (Å²) in [5.74, 6) is 0.707. The highest BCUT2D eigenvalue weighted by Gasteiger charge is 2.20. The monoisotopic (exact) mass is 242 g/mol. The van der Waals surface area contributed by atoms with Crippen LogP contribution >= 0.6 is 0 Å². The Morgan fingerprint density at radius 1 is 1.06 bits per heavy atom. The fourth-order valence-electron chi connectivity index (χ4n) is 3.32. The first-order chi connectivity index (χ1) is 8.66. The smallest absolute Gasteiger partial charge is 0.0488 e. The van der Waals surface area contributed by atoms with Crippen molar-refractivity contribution in [1.29, 1.82) is 0 Å². The van der Waals surface area contributed by atoms with Gasteiger partial charge in [-0.15, -0.1) is 0 Å². The summed E-state index contributed by atoms with van der Waals surface area (Å²) in [6, 6.07) is 4.59. The molecule has 2 N–H and O–H groups in total. The van der Waals surface area contributed by atoms with Crippen LogP contribution in [0.3, 0.4) is 0 Å². The van der Waals surface area contributed by atoms with E-state index in [1.54, 1.807) is 0 Å². The number of rotatable bonds is 1. The lowest BCUT2D eigenvalue weighted by atomic mass is 9.92. The van der Waals surface area contributed by atoms with E-state index in [-0.39, 0.29) is 0 Å².